The molecule has 1 heterocycles. The van der Waals surface area contributed by atoms with Crippen molar-refractivity contribution in [2.75, 3.05) is 18.4 Å². The zero-order chi connectivity index (χ0) is 18.9. The van der Waals surface area contributed by atoms with Gasteiger partial charge in [0.25, 0.3) is 11.8 Å². The Morgan fingerprint density at radius 3 is 2.54 bits per heavy atom. The average molecular weight is 422 g/mol. The second-order valence-corrected chi connectivity index (χ2v) is 6.28. The van der Waals surface area contributed by atoms with Crippen LogP contribution in [-0.4, -0.2) is 30.8 Å². The predicted octanol–water partition coefficient (Wildman–Crippen LogP) is 2.94. The van der Waals surface area contributed by atoms with Crippen LogP contribution in [0, 0.1) is 0 Å². The third-order valence-electron chi connectivity index (χ3n) is 3.39. The van der Waals surface area contributed by atoms with Crippen LogP contribution in [0.2, 0.25) is 0 Å². The Morgan fingerprint density at radius 2 is 1.85 bits per heavy atom. The van der Waals surface area contributed by atoms with E-state index >= 15 is 0 Å². The fourth-order valence-corrected chi connectivity index (χ4v) is 2.42. The van der Waals surface area contributed by atoms with Gasteiger partial charge in [0, 0.05) is 30.8 Å². The van der Waals surface area contributed by atoms with Gasteiger partial charge in [-0.25, -0.2) is 0 Å². The van der Waals surface area contributed by atoms with Gasteiger partial charge >= 0.3 is 0 Å². The van der Waals surface area contributed by atoms with E-state index in [2.05, 4.69) is 31.9 Å². The lowest BCUT2D eigenvalue weighted by atomic mass is 10.2. The van der Waals surface area contributed by atoms with Crippen molar-refractivity contribution in [2.45, 2.75) is 19.8 Å². The smallest absolute Gasteiger partial charge is 0.291 e. The molecule has 0 aliphatic carbocycles. The summed E-state index contributed by atoms with van der Waals surface area (Å²) in [5.74, 6) is -0.673. The van der Waals surface area contributed by atoms with Crippen LogP contribution in [0.3, 0.4) is 0 Å². The van der Waals surface area contributed by atoms with E-state index in [9.17, 15) is 14.4 Å². The summed E-state index contributed by atoms with van der Waals surface area (Å²) in [4.78, 5) is 35.8. The number of furan rings is 1. The number of amides is 3. The summed E-state index contributed by atoms with van der Waals surface area (Å²) in [6, 6.07) is 9.68. The lowest BCUT2D eigenvalue weighted by Crippen LogP contribution is -2.31. The Hall–Kier alpha value is -2.61. The molecule has 0 atom stereocenters. The molecule has 0 bridgehead atoms. The first-order valence-electron chi connectivity index (χ1n) is 8.21. The number of anilines is 1. The van der Waals surface area contributed by atoms with Gasteiger partial charge in [0.05, 0.1) is 0 Å². The molecule has 26 heavy (non-hydrogen) atoms. The summed E-state index contributed by atoms with van der Waals surface area (Å²) in [7, 11) is 0. The third kappa shape index (κ3) is 6.03. The van der Waals surface area contributed by atoms with Crippen LogP contribution in [0.4, 0.5) is 5.69 Å². The summed E-state index contributed by atoms with van der Waals surface area (Å²) in [6.45, 7) is 2.84. The minimum Gasteiger partial charge on any atom is -0.444 e. The maximum absolute atomic E-state index is 12.2. The quantitative estimate of drug-likeness (QED) is 0.609. The Balaban J connectivity index is 1.88. The van der Waals surface area contributed by atoms with Crippen molar-refractivity contribution >= 4 is 39.3 Å². The Bertz CT molecular complexity index is 788. The molecule has 0 aliphatic rings. The molecule has 7 nitrogen and oxygen atoms in total. The van der Waals surface area contributed by atoms with E-state index in [1.807, 2.05) is 6.92 Å². The molecule has 3 amide bonds. The highest BCUT2D eigenvalue weighted by atomic mass is 79.9. The van der Waals surface area contributed by atoms with E-state index in [-0.39, 0.29) is 30.5 Å². The van der Waals surface area contributed by atoms with Crippen molar-refractivity contribution in [3.63, 3.8) is 0 Å². The van der Waals surface area contributed by atoms with Crippen molar-refractivity contribution in [3.05, 3.63) is 52.4 Å². The van der Waals surface area contributed by atoms with Gasteiger partial charge in [0.15, 0.2) is 10.4 Å². The molecule has 2 aromatic rings. The highest BCUT2D eigenvalue weighted by Crippen LogP contribution is 2.17. The van der Waals surface area contributed by atoms with Crippen molar-refractivity contribution < 1.29 is 18.8 Å². The second-order valence-electron chi connectivity index (χ2n) is 5.49. The molecule has 0 saturated heterocycles. The standard InChI is InChI=1S/C18H20BrN3O4/c1-2-9-20-16(23)8-10-21-17(24)12-4-3-5-13(11-12)22-18(25)14-6-7-15(19)26-14/h3-7,11H,2,8-10H2,1H3,(H,20,23)(H,21,24)(H,22,25). The van der Waals surface area contributed by atoms with Gasteiger partial charge in [-0.1, -0.05) is 13.0 Å². The molecule has 2 rings (SSSR count). The zero-order valence-corrected chi connectivity index (χ0v) is 15.9. The van der Waals surface area contributed by atoms with Crippen LogP contribution in [-0.2, 0) is 4.79 Å². The molecule has 0 radical (unpaired) electrons. The highest BCUT2D eigenvalue weighted by Gasteiger charge is 2.12. The van der Waals surface area contributed by atoms with E-state index < -0.39 is 5.91 Å². The number of hydrogen-bond donors (Lipinski definition) is 3. The fraction of sp³-hybridized carbons (Fsp3) is 0.278. The lowest BCUT2D eigenvalue weighted by Gasteiger charge is -2.08. The molecule has 8 heteroatoms. The molecule has 1 aromatic heterocycles. The molecule has 0 saturated carbocycles. The average Bonchev–Trinajstić information content (AvgIpc) is 3.06. The zero-order valence-electron chi connectivity index (χ0n) is 14.3. The molecule has 0 spiro atoms. The predicted molar refractivity (Wildman–Crippen MR) is 101 cm³/mol. The van der Waals surface area contributed by atoms with Crippen molar-refractivity contribution in [1.82, 2.24) is 10.6 Å². The summed E-state index contributed by atoms with van der Waals surface area (Å²) in [6.07, 6.45) is 1.08. The molecule has 138 valence electrons. The number of carbonyl (C=O) groups excluding carboxylic acids is 3. The number of hydrogen-bond acceptors (Lipinski definition) is 4. The normalized spacial score (nSPS) is 10.2. The Kier molecular flexibility index (Phi) is 7.40. The number of rotatable bonds is 8. The lowest BCUT2D eigenvalue weighted by molar-refractivity contribution is -0.120. The van der Waals surface area contributed by atoms with E-state index in [4.69, 9.17) is 4.42 Å². The molecular formula is C18H20BrN3O4. The minimum atomic E-state index is -0.416. The minimum absolute atomic E-state index is 0.0993. The van der Waals surface area contributed by atoms with E-state index in [1.54, 1.807) is 36.4 Å². The van der Waals surface area contributed by atoms with Crippen LogP contribution in [0.15, 0.2) is 45.5 Å². The van der Waals surface area contributed by atoms with Crippen molar-refractivity contribution in [3.8, 4) is 0 Å². The maximum Gasteiger partial charge on any atom is 0.291 e. The van der Waals surface area contributed by atoms with Crippen molar-refractivity contribution in [1.29, 1.82) is 0 Å². The number of nitrogens with one attached hydrogen (secondary N) is 3. The SMILES string of the molecule is CCCNC(=O)CCNC(=O)c1cccc(NC(=O)c2ccc(Br)o2)c1. The van der Waals surface area contributed by atoms with Crippen LogP contribution >= 0.6 is 15.9 Å². The first kappa shape index (κ1) is 19.7. The van der Waals surface area contributed by atoms with E-state index in [0.29, 0.717) is 22.5 Å². The summed E-state index contributed by atoms with van der Waals surface area (Å²) in [5, 5.41) is 8.10. The van der Waals surface area contributed by atoms with Crippen LogP contribution in [0.5, 0.6) is 0 Å². The number of halogens is 1. The molecule has 0 aliphatic heterocycles. The first-order valence-corrected chi connectivity index (χ1v) is 9.00. The highest BCUT2D eigenvalue weighted by molar-refractivity contribution is 9.10. The number of benzene rings is 1. The monoisotopic (exact) mass is 421 g/mol. The largest absolute Gasteiger partial charge is 0.444 e. The molecular weight excluding hydrogens is 402 g/mol. The first-order chi connectivity index (χ1) is 12.5. The van der Waals surface area contributed by atoms with Gasteiger partial charge in [0.2, 0.25) is 5.91 Å². The fourth-order valence-electron chi connectivity index (χ4n) is 2.11. The Labute approximate surface area is 159 Å². The van der Waals surface area contributed by atoms with Crippen molar-refractivity contribution in [2.24, 2.45) is 0 Å². The van der Waals surface area contributed by atoms with E-state index in [1.165, 1.54) is 0 Å². The van der Waals surface area contributed by atoms with Crippen LogP contribution < -0.4 is 16.0 Å². The molecule has 0 unspecified atom stereocenters. The summed E-state index contributed by atoms with van der Waals surface area (Å²) >= 11 is 3.14. The maximum atomic E-state index is 12.2. The summed E-state index contributed by atoms with van der Waals surface area (Å²) < 4.78 is 5.64. The van der Waals surface area contributed by atoms with Crippen LogP contribution in [0.1, 0.15) is 40.7 Å². The van der Waals surface area contributed by atoms with Gasteiger partial charge < -0.3 is 20.4 Å². The van der Waals surface area contributed by atoms with Gasteiger partial charge in [-0.3, -0.25) is 14.4 Å². The van der Waals surface area contributed by atoms with Gasteiger partial charge in [-0.2, -0.15) is 0 Å². The molecule has 1 aromatic carbocycles. The number of carbonyl (C=O) groups is 3. The second kappa shape index (κ2) is 9.76. The Morgan fingerprint density at radius 1 is 1.04 bits per heavy atom. The summed E-state index contributed by atoms with van der Waals surface area (Å²) in [5.41, 5.74) is 0.855. The van der Waals surface area contributed by atoms with E-state index in [0.717, 1.165) is 6.42 Å². The van der Waals surface area contributed by atoms with Crippen LogP contribution in [0.25, 0.3) is 0 Å². The molecule has 0 fully saturated rings. The van der Waals surface area contributed by atoms with Gasteiger partial charge in [-0.15, -0.1) is 0 Å². The van der Waals surface area contributed by atoms with Gasteiger partial charge in [0.1, 0.15) is 0 Å². The van der Waals surface area contributed by atoms with Gasteiger partial charge in [-0.05, 0) is 52.7 Å². The topological polar surface area (TPSA) is 100 Å². The molecule has 3 N–H and O–H groups in total. The third-order valence-corrected chi connectivity index (χ3v) is 3.82.